The Kier molecular flexibility index (Phi) is 97.4. The lowest BCUT2D eigenvalue weighted by molar-refractivity contribution is -0.161. The number of aliphatic hydroxyl groups is 2. The van der Waals surface area contributed by atoms with E-state index in [-0.39, 0.29) is 19.3 Å². The molecule has 0 amide bonds. The molecule has 5 atom stereocenters. The highest BCUT2D eigenvalue weighted by atomic mass is 31.2. The van der Waals surface area contributed by atoms with E-state index in [1.165, 1.54) is 218 Å². The lowest BCUT2D eigenvalue weighted by atomic mass is 10.0. The summed E-state index contributed by atoms with van der Waals surface area (Å²) in [7, 11) is -9.82. The lowest BCUT2D eigenvalue weighted by Crippen LogP contribution is -2.30. The van der Waals surface area contributed by atoms with Crippen LogP contribution in [0.25, 0.3) is 0 Å². The van der Waals surface area contributed by atoms with Crippen molar-refractivity contribution in [3.05, 3.63) is 182 Å². The summed E-state index contributed by atoms with van der Waals surface area (Å²) in [6, 6.07) is 0. The van der Waals surface area contributed by atoms with Gasteiger partial charge in [0, 0.05) is 19.3 Å². The molecule has 0 rings (SSSR count). The van der Waals surface area contributed by atoms with Gasteiger partial charge in [0.05, 0.1) is 26.4 Å². The molecule has 129 heavy (non-hydrogen) atoms. The average molecular weight is 1840 g/mol. The van der Waals surface area contributed by atoms with Gasteiger partial charge >= 0.3 is 33.6 Å². The van der Waals surface area contributed by atoms with E-state index in [4.69, 9.17) is 32.3 Å². The minimum Gasteiger partial charge on any atom is -0.463 e. The SMILES string of the molecule is CC/C=C\C/C=C\C/C=C\C/C=C\C/C=C\CCCCCCCCCCCCCCCCCCCC(=O)OCC(O)COP(=O)(O)OCC(O)COP(=O)(O)OCC(COC(=O)CCCCCCCCCCCCCCCCC/C=C\C/C=C\C/C=C\C/C=C\C/C=C\CC)OC(=O)CCCCCCCCCCCCCCC/C=C\C/C=C\C/C=C\C/C=C\C/C=C\CC. The largest absolute Gasteiger partial charge is 0.472 e. The molecule has 0 aromatic carbocycles. The van der Waals surface area contributed by atoms with Crippen LogP contribution in [0.3, 0.4) is 0 Å². The first kappa shape index (κ1) is 124. The van der Waals surface area contributed by atoms with Gasteiger partial charge in [-0.05, 0) is 154 Å². The van der Waals surface area contributed by atoms with Crippen molar-refractivity contribution in [1.82, 2.24) is 0 Å². The third-order valence-corrected chi connectivity index (χ3v) is 24.0. The smallest absolute Gasteiger partial charge is 0.463 e. The number of esters is 3. The molecule has 740 valence electrons. The maximum atomic E-state index is 13.1. The maximum absolute atomic E-state index is 13.1. The number of rotatable bonds is 98. The van der Waals surface area contributed by atoms with Crippen LogP contribution < -0.4 is 0 Å². The number of phosphoric acid groups is 2. The van der Waals surface area contributed by atoms with Crippen molar-refractivity contribution >= 4 is 33.6 Å². The second kappa shape index (κ2) is 102. The number of carbonyl (C=O) groups excluding carboxylic acids is 3. The molecule has 0 aromatic heterocycles. The van der Waals surface area contributed by atoms with Crippen molar-refractivity contribution in [3.8, 4) is 0 Å². The van der Waals surface area contributed by atoms with E-state index in [0.717, 1.165) is 167 Å². The van der Waals surface area contributed by atoms with Gasteiger partial charge in [0.25, 0.3) is 0 Å². The third-order valence-electron chi connectivity index (χ3n) is 22.1. The van der Waals surface area contributed by atoms with Gasteiger partial charge in [-0.1, -0.05) is 453 Å². The second-order valence-electron chi connectivity index (χ2n) is 34.6. The van der Waals surface area contributed by atoms with Crippen molar-refractivity contribution in [2.24, 2.45) is 0 Å². The zero-order valence-electron chi connectivity index (χ0n) is 82.0. The van der Waals surface area contributed by atoms with Gasteiger partial charge in [0.15, 0.2) is 6.10 Å². The van der Waals surface area contributed by atoms with Gasteiger partial charge < -0.3 is 34.2 Å². The lowest BCUT2D eigenvalue weighted by Gasteiger charge is -2.21. The average Bonchev–Trinajstić information content (AvgIpc) is 0.898. The molecule has 0 bridgehead atoms. The van der Waals surface area contributed by atoms with E-state index in [1.807, 2.05) is 0 Å². The minimum atomic E-state index is -4.95. The van der Waals surface area contributed by atoms with Crippen LogP contribution in [0.1, 0.15) is 445 Å². The molecule has 0 fully saturated rings. The molecule has 16 nitrogen and oxygen atoms in total. The normalized spacial score (nSPS) is 14.4. The summed E-state index contributed by atoms with van der Waals surface area (Å²) in [5, 5.41) is 20.8. The Hall–Kier alpha value is -5.35. The summed E-state index contributed by atoms with van der Waals surface area (Å²) in [5.41, 5.74) is 0. The van der Waals surface area contributed by atoms with Crippen LogP contribution >= 0.6 is 15.6 Å². The number of unbranched alkanes of at least 4 members (excludes halogenated alkanes) is 45. The van der Waals surface area contributed by atoms with Gasteiger partial charge in [0.1, 0.15) is 25.4 Å². The molecule has 0 saturated carbocycles. The van der Waals surface area contributed by atoms with Crippen LogP contribution in [-0.2, 0) is 55.8 Å². The van der Waals surface area contributed by atoms with E-state index in [9.17, 15) is 43.5 Å². The molecule has 0 heterocycles. The fourth-order valence-corrected chi connectivity index (χ4v) is 15.9. The fraction of sp³-hybridized carbons (Fsp3) is 0.703. The van der Waals surface area contributed by atoms with Crippen LogP contribution in [-0.4, -0.2) is 95.9 Å². The summed E-state index contributed by atoms with van der Waals surface area (Å²) >= 11 is 0. The van der Waals surface area contributed by atoms with Crippen LogP contribution in [0, 0.1) is 0 Å². The molecule has 5 unspecified atom stereocenters. The number of allylic oxidation sites excluding steroid dienone is 30. The molecule has 4 N–H and O–H groups in total. The molecule has 0 spiro atoms. The Balaban J connectivity index is 4.61. The molecule has 0 aromatic rings. The summed E-state index contributed by atoms with van der Waals surface area (Å²) in [6.45, 7) is 2.42. The summed E-state index contributed by atoms with van der Waals surface area (Å²) in [5.74, 6) is -1.56. The Bertz CT molecular complexity index is 3080. The van der Waals surface area contributed by atoms with Gasteiger partial charge in [-0.2, -0.15) is 0 Å². The zero-order chi connectivity index (χ0) is 93.5. The van der Waals surface area contributed by atoms with Crippen LogP contribution in [0.15, 0.2) is 182 Å². The topological polar surface area (TPSA) is 231 Å². The zero-order valence-corrected chi connectivity index (χ0v) is 83.8. The van der Waals surface area contributed by atoms with Crippen molar-refractivity contribution in [3.63, 3.8) is 0 Å². The maximum Gasteiger partial charge on any atom is 0.472 e. The molecule has 0 aliphatic rings. The van der Waals surface area contributed by atoms with Crippen LogP contribution in [0.4, 0.5) is 0 Å². The van der Waals surface area contributed by atoms with Crippen molar-refractivity contribution < 1.29 is 75.8 Å². The first-order valence-electron chi connectivity index (χ1n) is 52.1. The Morgan fingerprint density at radius 1 is 0.217 bits per heavy atom. The summed E-state index contributed by atoms with van der Waals surface area (Å²) in [4.78, 5) is 59.3. The Labute approximate surface area is 789 Å². The number of hydrogen-bond donors (Lipinski definition) is 4. The predicted octanol–water partition coefficient (Wildman–Crippen LogP) is 33.1. The van der Waals surface area contributed by atoms with Gasteiger partial charge in [-0.15, -0.1) is 0 Å². The molecular formula is C111H190O16P2. The second-order valence-corrected chi connectivity index (χ2v) is 37.5. The Morgan fingerprint density at radius 3 is 0.612 bits per heavy atom. The van der Waals surface area contributed by atoms with Crippen LogP contribution in [0.5, 0.6) is 0 Å². The van der Waals surface area contributed by atoms with E-state index in [1.54, 1.807) is 0 Å². The van der Waals surface area contributed by atoms with Gasteiger partial charge in [-0.25, -0.2) is 9.13 Å². The highest BCUT2D eigenvalue weighted by Crippen LogP contribution is 2.45. The van der Waals surface area contributed by atoms with Crippen LogP contribution in [0.2, 0.25) is 0 Å². The molecule has 18 heteroatoms. The molecular weight excluding hydrogens is 1650 g/mol. The Morgan fingerprint density at radius 2 is 0.388 bits per heavy atom. The van der Waals surface area contributed by atoms with Gasteiger partial charge in [-0.3, -0.25) is 32.5 Å². The van der Waals surface area contributed by atoms with E-state index in [0.29, 0.717) is 19.3 Å². The minimum absolute atomic E-state index is 0.0999. The molecule has 0 radical (unpaired) electrons. The molecule has 0 aliphatic heterocycles. The summed E-state index contributed by atoms with van der Waals surface area (Å²) in [6.07, 6.45) is 135. The predicted molar refractivity (Wildman–Crippen MR) is 546 cm³/mol. The first-order chi connectivity index (χ1) is 63.2. The third kappa shape index (κ3) is 103. The van der Waals surface area contributed by atoms with Crippen molar-refractivity contribution in [2.75, 3.05) is 39.6 Å². The summed E-state index contributed by atoms with van der Waals surface area (Å²) < 4.78 is 61.8. The quantitative estimate of drug-likeness (QED) is 0.0146. The molecule has 0 saturated heterocycles. The van der Waals surface area contributed by atoms with E-state index < -0.39 is 91.5 Å². The van der Waals surface area contributed by atoms with Crippen molar-refractivity contribution in [1.29, 1.82) is 0 Å². The highest BCUT2D eigenvalue weighted by Gasteiger charge is 2.30. The van der Waals surface area contributed by atoms with Crippen molar-refractivity contribution in [2.45, 2.75) is 463 Å². The highest BCUT2D eigenvalue weighted by molar-refractivity contribution is 7.47. The van der Waals surface area contributed by atoms with Gasteiger partial charge in [0.2, 0.25) is 0 Å². The number of hydrogen-bond acceptors (Lipinski definition) is 14. The number of carbonyl (C=O) groups is 3. The monoisotopic (exact) mass is 1840 g/mol. The fourth-order valence-electron chi connectivity index (χ4n) is 14.4. The first-order valence-corrected chi connectivity index (χ1v) is 55.1. The molecule has 0 aliphatic carbocycles. The number of aliphatic hydroxyl groups excluding tert-OH is 2. The van der Waals surface area contributed by atoms with E-state index in [2.05, 4.69) is 203 Å². The number of ether oxygens (including phenoxy) is 3. The number of phosphoric ester groups is 2. The van der Waals surface area contributed by atoms with E-state index >= 15 is 0 Å². The standard InChI is InChI=1S/C111H190O16P2/c1-4-7-10-13-16-19-22-25-28-31-34-37-40-43-46-49-51-52-54-57-58-61-64-67-70-73-76-79-82-85-88-91-94-97-109(114)121-100-106(112)101-123-128(117,118)124-102-107(113)103-125-129(119,120)126-105-108(127-111(116)99-96-93-90-87-84-81-78-75-72-69-66-63-60-55-48-45-42-39-36-33-30-27-24-21-18-15-12-9-6-3)104-122-110(115)98-95-92-89-86-83-80-77-74-71-68-65-62-59-56-53-50-47-44-41-38-35-32-29-26-23-20-17-14-11-8-5-2/h7-12,16-21,25-30,34-39,43-48,106-108,112-113H,4-6,13-15,22-24,31-33,40-42,49-105H2,1-3H3,(H,117,118)(H,119,120)/b10-7-,11-8-,12-9-,19-16-,20-17-,21-18-,28-25-,29-26-,30-27-,37-34-,38-35-,39-36-,46-43-,47-44-,48-45-.